The number of alkyl halides is 3. The van der Waals surface area contributed by atoms with Crippen LogP contribution in [0.15, 0.2) is 12.3 Å². The second-order valence-electron chi connectivity index (χ2n) is 4.84. The molecule has 0 spiro atoms. The molecule has 1 aromatic rings. The number of hydrogen-bond donors (Lipinski definition) is 3. The molecule has 1 aliphatic rings. The predicted molar refractivity (Wildman–Crippen MR) is 72.7 cm³/mol. The van der Waals surface area contributed by atoms with Gasteiger partial charge in [0.2, 0.25) is 0 Å². The third kappa shape index (κ3) is 3.38. The molecule has 0 aliphatic heterocycles. The summed E-state index contributed by atoms with van der Waals surface area (Å²) in [4.78, 5) is 0. The second kappa shape index (κ2) is 5.80. The highest BCUT2D eigenvalue weighted by Crippen LogP contribution is 2.43. The van der Waals surface area contributed by atoms with Gasteiger partial charge in [-0.05, 0) is 30.4 Å². The first-order valence-electron chi connectivity index (χ1n) is 6.49. The SMILES string of the molecule is CN/C=C(\C(=N)C(F)(F)F)c1nnc(CN)cc1C1CC1. The molecular formula is C13H16F3N5. The van der Waals surface area contributed by atoms with Gasteiger partial charge in [-0.3, -0.25) is 5.41 Å². The zero-order valence-electron chi connectivity index (χ0n) is 11.5. The van der Waals surface area contributed by atoms with E-state index in [1.54, 1.807) is 6.07 Å². The summed E-state index contributed by atoms with van der Waals surface area (Å²) < 4.78 is 38.5. The van der Waals surface area contributed by atoms with Gasteiger partial charge in [0.25, 0.3) is 0 Å². The van der Waals surface area contributed by atoms with Crippen molar-refractivity contribution in [3.8, 4) is 0 Å². The highest BCUT2D eigenvalue weighted by molar-refractivity contribution is 6.24. The van der Waals surface area contributed by atoms with Crippen LogP contribution in [0.1, 0.15) is 35.7 Å². The third-order valence-corrected chi connectivity index (χ3v) is 3.20. The zero-order valence-corrected chi connectivity index (χ0v) is 11.5. The Morgan fingerprint density at radius 1 is 1.48 bits per heavy atom. The van der Waals surface area contributed by atoms with Crippen molar-refractivity contribution in [3.63, 3.8) is 0 Å². The Balaban J connectivity index is 2.51. The van der Waals surface area contributed by atoms with Crippen molar-refractivity contribution in [3.05, 3.63) is 29.2 Å². The van der Waals surface area contributed by atoms with Crippen LogP contribution in [0.5, 0.6) is 0 Å². The van der Waals surface area contributed by atoms with Crippen LogP contribution >= 0.6 is 0 Å². The molecule has 0 atom stereocenters. The highest BCUT2D eigenvalue weighted by atomic mass is 19.4. The Hall–Kier alpha value is -1.96. The van der Waals surface area contributed by atoms with E-state index in [0.717, 1.165) is 19.0 Å². The molecule has 114 valence electrons. The molecule has 8 heteroatoms. The molecule has 1 saturated carbocycles. The highest BCUT2D eigenvalue weighted by Gasteiger charge is 2.39. The first-order valence-corrected chi connectivity index (χ1v) is 6.49. The van der Waals surface area contributed by atoms with E-state index in [2.05, 4.69) is 15.5 Å². The Morgan fingerprint density at radius 2 is 2.14 bits per heavy atom. The van der Waals surface area contributed by atoms with E-state index in [1.807, 2.05) is 0 Å². The molecule has 0 amide bonds. The molecule has 21 heavy (non-hydrogen) atoms. The van der Waals surface area contributed by atoms with Gasteiger partial charge in [-0.1, -0.05) is 0 Å². The molecule has 0 saturated heterocycles. The van der Waals surface area contributed by atoms with Crippen LogP contribution in [-0.2, 0) is 6.54 Å². The topological polar surface area (TPSA) is 87.7 Å². The molecule has 2 rings (SSSR count). The van der Waals surface area contributed by atoms with E-state index >= 15 is 0 Å². The minimum atomic E-state index is -4.74. The van der Waals surface area contributed by atoms with Crippen molar-refractivity contribution in [1.29, 1.82) is 5.41 Å². The lowest BCUT2D eigenvalue weighted by Crippen LogP contribution is -2.25. The Kier molecular flexibility index (Phi) is 4.26. The first-order chi connectivity index (χ1) is 9.88. The van der Waals surface area contributed by atoms with E-state index < -0.39 is 11.9 Å². The molecule has 1 fully saturated rings. The summed E-state index contributed by atoms with van der Waals surface area (Å²) in [6.45, 7) is 0.175. The molecule has 5 nitrogen and oxygen atoms in total. The van der Waals surface area contributed by atoms with Crippen molar-refractivity contribution < 1.29 is 13.2 Å². The van der Waals surface area contributed by atoms with Crippen molar-refractivity contribution in [2.75, 3.05) is 7.05 Å². The standard InChI is InChI=1S/C13H16F3N5/c1-19-6-10(12(18)13(14,15)16)11-9(7-2-3-7)4-8(5-17)20-21-11/h4,6-7,18-19H,2-3,5,17H2,1H3/b10-6-,18-12?. The summed E-state index contributed by atoms with van der Waals surface area (Å²) >= 11 is 0. The number of hydrogen-bond acceptors (Lipinski definition) is 5. The van der Waals surface area contributed by atoms with Gasteiger partial charge in [0.15, 0.2) is 0 Å². The third-order valence-electron chi connectivity index (χ3n) is 3.20. The monoisotopic (exact) mass is 299 g/mol. The van der Waals surface area contributed by atoms with E-state index in [1.165, 1.54) is 7.05 Å². The number of nitrogens with one attached hydrogen (secondary N) is 2. The summed E-state index contributed by atoms with van der Waals surface area (Å²) in [5, 5.41) is 17.6. The van der Waals surface area contributed by atoms with Crippen LogP contribution in [-0.4, -0.2) is 29.1 Å². The molecule has 0 unspecified atom stereocenters. The quantitative estimate of drug-likeness (QED) is 0.725. The largest absolute Gasteiger partial charge is 0.433 e. The van der Waals surface area contributed by atoms with Crippen LogP contribution in [0.2, 0.25) is 0 Å². The summed E-state index contributed by atoms with van der Waals surface area (Å²) in [6, 6.07) is 1.69. The van der Waals surface area contributed by atoms with Crippen molar-refractivity contribution in [2.45, 2.75) is 31.5 Å². The van der Waals surface area contributed by atoms with Crippen molar-refractivity contribution in [1.82, 2.24) is 15.5 Å². The fraction of sp³-hybridized carbons (Fsp3) is 0.462. The molecule has 1 aromatic heterocycles. The number of rotatable bonds is 5. The number of nitrogens with zero attached hydrogens (tertiary/aromatic N) is 2. The van der Waals surface area contributed by atoms with E-state index in [9.17, 15) is 13.2 Å². The van der Waals surface area contributed by atoms with E-state index in [0.29, 0.717) is 11.3 Å². The van der Waals surface area contributed by atoms with Crippen molar-refractivity contribution >= 4 is 11.3 Å². The number of allylic oxidation sites excluding steroid dienone is 1. The average molecular weight is 299 g/mol. The number of aromatic nitrogens is 2. The van der Waals surface area contributed by atoms with Crippen LogP contribution in [0.4, 0.5) is 13.2 Å². The van der Waals surface area contributed by atoms with Gasteiger partial charge in [-0.2, -0.15) is 18.3 Å². The zero-order chi connectivity index (χ0) is 15.6. The van der Waals surface area contributed by atoms with Gasteiger partial charge in [0.05, 0.1) is 5.69 Å². The number of nitrogens with two attached hydrogens (primary N) is 1. The molecule has 1 aliphatic carbocycles. The van der Waals surface area contributed by atoms with Crippen LogP contribution in [0.3, 0.4) is 0 Å². The van der Waals surface area contributed by atoms with Crippen molar-refractivity contribution in [2.24, 2.45) is 5.73 Å². The van der Waals surface area contributed by atoms with Gasteiger partial charge in [0, 0.05) is 25.4 Å². The molecule has 0 aromatic carbocycles. The summed E-state index contributed by atoms with van der Waals surface area (Å²) in [5.41, 5.74) is 5.08. The number of halogens is 3. The summed E-state index contributed by atoms with van der Waals surface area (Å²) in [7, 11) is 1.47. The minimum Gasteiger partial charge on any atom is -0.393 e. The minimum absolute atomic E-state index is 0.103. The molecule has 0 bridgehead atoms. The maximum absolute atomic E-state index is 12.8. The fourth-order valence-electron chi connectivity index (χ4n) is 2.02. The van der Waals surface area contributed by atoms with E-state index in [4.69, 9.17) is 11.1 Å². The Morgan fingerprint density at radius 3 is 2.62 bits per heavy atom. The molecule has 0 radical (unpaired) electrons. The molecule has 1 heterocycles. The lowest BCUT2D eigenvalue weighted by Gasteiger charge is -2.15. The molecule has 4 N–H and O–H groups in total. The van der Waals surface area contributed by atoms with Crippen LogP contribution in [0.25, 0.3) is 5.57 Å². The summed E-state index contributed by atoms with van der Waals surface area (Å²) in [5.74, 6) is 0.169. The smallest absolute Gasteiger partial charge is 0.393 e. The molecular weight excluding hydrogens is 283 g/mol. The maximum Gasteiger partial charge on any atom is 0.433 e. The van der Waals surface area contributed by atoms with Gasteiger partial charge >= 0.3 is 6.18 Å². The van der Waals surface area contributed by atoms with Gasteiger partial charge < -0.3 is 11.1 Å². The summed E-state index contributed by atoms with van der Waals surface area (Å²) in [6.07, 6.45) is -1.81. The lowest BCUT2D eigenvalue weighted by molar-refractivity contribution is -0.0578. The Bertz CT molecular complexity index is 576. The van der Waals surface area contributed by atoms with Gasteiger partial charge in [0.1, 0.15) is 11.4 Å². The average Bonchev–Trinajstić information content (AvgIpc) is 3.27. The fourth-order valence-corrected chi connectivity index (χ4v) is 2.02. The van der Waals surface area contributed by atoms with Gasteiger partial charge in [-0.25, -0.2) is 0 Å². The first kappa shape index (κ1) is 15.4. The van der Waals surface area contributed by atoms with Crippen LogP contribution < -0.4 is 11.1 Å². The van der Waals surface area contributed by atoms with Gasteiger partial charge in [-0.15, -0.1) is 5.10 Å². The normalized spacial score (nSPS) is 16.0. The van der Waals surface area contributed by atoms with Crippen LogP contribution in [0, 0.1) is 5.41 Å². The predicted octanol–water partition coefficient (Wildman–Crippen LogP) is 1.96. The second-order valence-corrected chi connectivity index (χ2v) is 4.84. The Labute approximate surface area is 119 Å². The maximum atomic E-state index is 12.8. The van der Waals surface area contributed by atoms with E-state index in [-0.39, 0.29) is 23.7 Å². The lowest BCUT2D eigenvalue weighted by atomic mass is 9.99.